The van der Waals surface area contributed by atoms with Gasteiger partial charge in [0.2, 0.25) is 0 Å². The monoisotopic (exact) mass is 167 g/mol. The van der Waals surface area contributed by atoms with E-state index in [9.17, 15) is 4.39 Å². The molecule has 1 aromatic carbocycles. The van der Waals surface area contributed by atoms with Crippen molar-refractivity contribution in [2.75, 3.05) is 0 Å². The van der Waals surface area contributed by atoms with Crippen molar-refractivity contribution in [1.82, 2.24) is 0 Å². The summed E-state index contributed by atoms with van der Waals surface area (Å²) in [6.07, 6.45) is 0. The van der Waals surface area contributed by atoms with Gasteiger partial charge in [0.25, 0.3) is 0 Å². The van der Waals surface area contributed by atoms with E-state index in [-0.39, 0.29) is 17.9 Å². The Balaban J connectivity index is 2.96. The maximum Gasteiger partial charge on any atom is 0.123 e. The maximum atomic E-state index is 12.5. The van der Waals surface area contributed by atoms with E-state index >= 15 is 0 Å². The van der Waals surface area contributed by atoms with Crippen LogP contribution in [-0.4, -0.2) is 5.11 Å². The van der Waals surface area contributed by atoms with Crippen LogP contribution in [0.2, 0.25) is 0 Å². The van der Waals surface area contributed by atoms with Gasteiger partial charge in [-0.3, -0.25) is 0 Å². The van der Waals surface area contributed by atoms with Crippen molar-refractivity contribution in [3.8, 4) is 5.75 Å². The fourth-order valence-corrected chi connectivity index (χ4v) is 0.789. The van der Waals surface area contributed by atoms with Gasteiger partial charge in [-0.25, -0.2) is 4.39 Å². The molecule has 4 nitrogen and oxygen atoms in total. The molecule has 0 bridgehead atoms. The third-order valence-electron chi connectivity index (χ3n) is 1.35. The summed E-state index contributed by atoms with van der Waals surface area (Å²) < 4.78 is 12.5. The minimum absolute atomic E-state index is 0.0416. The van der Waals surface area contributed by atoms with Crippen molar-refractivity contribution in [3.63, 3.8) is 0 Å². The van der Waals surface area contributed by atoms with E-state index < -0.39 is 5.82 Å². The van der Waals surface area contributed by atoms with Crippen molar-refractivity contribution >= 4 is 0 Å². The first-order chi connectivity index (χ1) is 5.74. The lowest BCUT2D eigenvalue weighted by Gasteiger charge is -1.99. The molecular formula is C7H6FN3O. The molecule has 0 unspecified atom stereocenters. The standard InChI is InChI=1S/C7H6FN3O/c8-6-1-2-7(12)5(3-6)4-10-11-9/h1-3,12H,4H2. The lowest BCUT2D eigenvalue weighted by molar-refractivity contribution is 0.465. The third-order valence-corrected chi connectivity index (χ3v) is 1.35. The average Bonchev–Trinajstić information content (AvgIpc) is 2.07. The summed E-state index contributed by atoms with van der Waals surface area (Å²) in [6, 6.07) is 3.48. The first kappa shape index (κ1) is 8.36. The molecule has 0 radical (unpaired) electrons. The number of phenolic OH excluding ortho intramolecular Hbond substituents is 1. The summed E-state index contributed by atoms with van der Waals surface area (Å²) >= 11 is 0. The summed E-state index contributed by atoms with van der Waals surface area (Å²) in [5.41, 5.74) is 8.26. The number of rotatable bonds is 2. The second-order valence-corrected chi connectivity index (χ2v) is 2.16. The van der Waals surface area contributed by atoms with Crippen molar-refractivity contribution < 1.29 is 9.50 Å². The van der Waals surface area contributed by atoms with E-state index in [0.29, 0.717) is 0 Å². The number of hydrogen-bond acceptors (Lipinski definition) is 2. The molecule has 62 valence electrons. The highest BCUT2D eigenvalue weighted by Gasteiger charge is 2.00. The van der Waals surface area contributed by atoms with Crippen molar-refractivity contribution in [2.45, 2.75) is 6.54 Å². The number of aromatic hydroxyl groups is 1. The molecule has 0 saturated heterocycles. The highest BCUT2D eigenvalue weighted by Crippen LogP contribution is 2.18. The molecule has 0 amide bonds. The van der Waals surface area contributed by atoms with E-state index in [0.717, 1.165) is 12.1 Å². The number of nitrogens with zero attached hydrogens (tertiary/aromatic N) is 3. The quantitative estimate of drug-likeness (QED) is 0.410. The van der Waals surface area contributed by atoms with Crippen LogP contribution < -0.4 is 0 Å². The van der Waals surface area contributed by atoms with Crippen LogP contribution in [0, 0.1) is 5.82 Å². The van der Waals surface area contributed by atoms with Crippen LogP contribution in [0.25, 0.3) is 10.4 Å². The Kier molecular flexibility index (Phi) is 2.50. The van der Waals surface area contributed by atoms with E-state index in [2.05, 4.69) is 10.0 Å². The normalized spacial score (nSPS) is 9.08. The average molecular weight is 167 g/mol. The highest BCUT2D eigenvalue weighted by molar-refractivity contribution is 5.32. The first-order valence-electron chi connectivity index (χ1n) is 3.22. The summed E-state index contributed by atoms with van der Waals surface area (Å²) in [4.78, 5) is 2.49. The number of hydrogen-bond donors (Lipinski definition) is 1. The molecule has 0 aliphatic carbocycles. The van der Waals surface area contributed by atoms with Gasteiger partial charge in [0.15, 0.2) is 0 Å². The third kappa shape index (κ3) is 1.87. The highest BCUT2D eigenvalue weighted by atomic mass is 19.1. The van der Waals surface area contributed by atoms with Gasteiger partial charge < -0.3 is 5.11 Å². The van der Waals surface area contributed by atoms with Gasteiger partial charge in [0, 0.05) is 10.5 Å². The second-order valence-electron chi connectivity index (χ2n) is 2.16. The van der Waals surface area contributed by atoms with E-state index in [1.54, 1.807) is 0 Å². The Morgan fingerprint density at radius 2 is 2.33 bits per heavy atom. The Bertz CT molecular complexity index is 333. The molecule has 0 fully saturated rings. The second kappa shape index (κ2) is 3.59. The van der Waals surface area contributed by atoms with Gasteiger partial charge >= 0.3 is 0 Å². The Morgan fingerprint density at radius 1 is 1.58 bits per heavy atom. The fourth-order valence-electron chi connectivity index (χ4n) is 0.789. The topological polar surface area (TPSA) is 69.0 Å². The smallest absolute Gasteiger partial charge is 0.123 e. The largest absolute Gasteiger partial charge is 0.508 e. The zero-order chi connectivity index (χ0) is 8.97. The summed E-state index contributed by atoms with van der Waals surface area (Å²) in [6.45, 7) is -0.0416. The molecule has 0 spiro atoms. The molecule has 5 heteroatoms. The lowest BCUT2D eigenvalue weighted by Crippen LogP contribution is -1.83. The van der Waals surface area contributed by atoms with Gasteiger partial charge in [-0.05, 0) is 23.7 Å². The van der Waals surface area contributed by atoms with Crippen molar-refractivity contribution in [2.24, 2.45) is 5.11 Å². The summed E-state index contributed by atoms with van der Waals surface area (Å²) in [5, 5.41) is 12.3. The SMILES string of the molecule is [N-]=[N+]=NCc1cc(F)ccc1O. The van der Waals surface area contributed by atoms with Crippen LogP contribution in [0.4, 0.5) is 4.39 Å². The lowest BCUT2D eigenvalue weighted by atomic mass is 10.2. The van der Waals surface area contributed by atoms with Crippen LogP contribution in [0.3, 0.4) is 0 Å². The van der Waals surface area contributed by atoms with Crippen molar-refractivity contribution in [1.29, 1.82) is 0 Å². The molecular weight excluding hydrogens is 161 g/mol. The number of phenols is 1. The van der Waals surface area contributed by atoms with E-state index in [1.165, 1.54) is 6.07 Å². The van der Waals surface area contributed by atoms with E-state index in [1.807, 2.05) is 0 Å². The van der Waals surface area contributed by atoms with Crippen LogP contribution in [0.1, 0.15) is 5.56 Å². The van der Waals surface area contributed by atoms with Gasteiger partial charge in [-0.1, -0.05) is 5.11 Å². The molecule has 0 aliphatic rings. The van der Waals surface area contributed by atoms with Crippen LogP contribution in [0.15, 0.2) is 23.3 Å². The predicted molar refractivity (Wildman–Crippen MR) is 40.9 cm³/mol. The molecule has 1 N–H and O–H groups in total. The molecule has 1 rings (SSSR count). The van der Waals surface area contributed by atoms with Gasteiger partial charge in [0.05, 0.1) is 6.54 Å². The number of azide groups is 1. The maximum absolute atomic E-state index is 12.5. The molecule has 1 aromatic rings. The molecule has 0 aromatic heterocycles. The van der Waals surface area contributed by atoms with Gasteiger partial charge in [-0.2, -0.15) is 0 Å². The fraction of sp³-hybridized carbons (Fsp3) is 0.143. The number of benzene rings is 1. The molecule has 0 aliphatic heterocycles. The first-order valence-corrected chi connectivity index (χ1v) is 3.22. The molecule has 0 heterocycles. The molecule has 12 heavy (non-hydrogen) atoms. The Hall–Kier alpha value is -1.74. The zero-order valence-corrected chi connectivity index (χ0v) is 6.11. The zero-order valence-electron chi connectivity index (χ0n) is 6.11. The van der Waals surface area contributed by atoms with Crippen LogP contribution >= 0.6 is 0 Å². The van der Waals surface area contributed by atoms with Crippen molar-refractivity contribution in [3.05, 3.63) is 40.0 Å². The van der Waals surface area contributed by atoms with Crippen LogP contribution in [0.5, 0.6) is 5.75 Å². The minimum Gasteiger partial charge on any atom is -0.508 e. The summed E-state index contributed by atoms with van der Waals surface area (Å²) in [7, 11) is 0. The number of halogens is 1. The Labute approximate surface area is 67.9 Å². The molecule has 0 atom stereocenters. The molecule has 0 saturated carbocycles. The Morgan fingerprint density at radius 3 is 3.00 bits per heavy atom. The summed E-state index contributed by atoms with van der Waals surface area (Å²) in [5.74, 6) is -0.528. The van der Waals surface area contributed by atoms with E-state index in [4.69, 9.17) is 10.6 Å². The van der Waals surface area contributed by atoms with Gasteiger partial charge in [-0.15, -0.1) is 0 Å². The minimum atomic E-state index is -0.462. The predicted octanol–water partition coefficient (Wildman–Crippen LogP) is 2.34. The van der Waals surface area contributed by atoms with Gasteiger partial charge in [0.1, 0.15) is 11.6 Å². The van der Waals surface area contributed by atoms with Crippen LogP contribution in [-0.2, 0) is 6.54 Å².